The van der Waals surface area contributed by atoms with Crippen molar-refractivity contribution >= 4 is 5.91 Å². The zero-order valence-electron chi connectivity index (χ0n) is 12.0. The van der Waals surface area contributed by atoms with E-state index in [9.17, 15) is 4.79 Å². The standard InChI is InChI=1S/C16H23NO3/c1-20-15-5-3-2-4-14(15)6-7-16(19)17-10-8-13(12-17)9-11-18/h2-5,13,18H,6-12H2,1H3. The van der Waals surface area contributed by atoms with Gasteiger partial charge in [0.05, 0.1) is 7.11 Å². The molecule has 4 heteroatoms. The van der Waals surface area contributed by atoms with Crippen molar-refractivity contribution in [2.24, 2.45) is 5.92 Å². The highest BCUT2D eigenvalue weighted by atomic mass is 16.5. The van der Waals surface area contributed by atoms with E-state index in [2.05, 4.69) is 0 Å². The third-order valence-corrected chi connectivity index (χ3v) is 3.98. The lowest BCUT2D eigenvalue weighted by Crippen LogP contribution is -2.29. The number of benzene rings is 1. The predicted octanol–water partition coefficient (Wildman–Crippen LogP) is 1.86. The van der Waals surface area contributed by atoms with Gasteiger partial charge in [-0.2, -0.15) is 0 Å². The van der Waals surface area contributed by atoms with Gasteiger partial charge in [-0.3, -0.25) is 4.79 Å². The smallest absolute Gasteiger partial charge is 0.222 e. The minimum Gasteiger partial charge on any atom is -0.496 e. The molecule has 20 heavy (non-hydrogen) atoms. The number of amides is 1. The summed E-state index contributed by atoms with van der Waals surface area (Å²) in [5.41, 5.74) is 1.08. The molecule has 0 radical (unpaired) electrons. The van der Waals surface area contributed by atoms with Crippen LogP contribution in [0.2, 0.25) is 0 Å². The Bertz CT molecular complexity index is 447. The van der Waals surface area contributed by atoms with Gasteiger partial charge in [0.15, 0.2) is 0 Å². The van der Waals surface area contributed by atoms with Gasteiger partial charge in [0.25, 0.3) is 0 Å². The van der Waals surface area contributed by atoms with E-state index in [1.165, 1.54) is 0 Å². The Labute approximate surface area is 120 Å². The van der Waals surface area contributed by atoms with Crippen LogP contribution < -0.4 is 4.74 Å². The van der Waals surface area contributed by atoms with Gasteiger partial charge in [-0.15, -0.1) is 0 Å². The molecular formula is C16H23NO3. The van der Waals surface area contributed by atoms with Gasteiger partial charge < -0.3 is 14.7 Å². The molecule has 0 bridgehead atoms. The van der Waals surface area contributed by atoms with Gasteiger partial charge in [0.1, 0.15) is 5.75 Å². The number of aryl methyl sites for hydroxylation is 1. The van der Waals surface area contributed by atoms with Gasteiger partial charge in [-0.1, -0.05) is 18.2 Å². The van der Waals surface area contributed by atoms with Gasteiger partial charge in [-0.25, -0.2) is 0 Å². The summed E-state index contributed by atoms with van der Waals surface area (Å²) in [6.07, 6.45) is 3.05. The summed E-state index contributed by atoms with van der Waals surface area (Å²) in [7, 11) is 1.65. The Morgan fingerprint density at radius 1 is 1.45 bits per heavy atom. The first-order valence-electron chi connectivity index (χ1n) is 7.25. The van der Waals surface area contributed by atoms with Crippen LogP contribution in [-0.4, -0.2) is 42.7 Å². The highest BCUT2D eigenvalue weighted by Gasteiger charge is 2.25. The summed E-state index contributed by atoms with van der Waals surface area (Å²) in [5, 5.41) is 8.94. The summed E-state index contributed by atoms with van der Waals surface area (Å²) >= 11 is 0. The normalized spacial score (nSPS) is 18.3. The lowest BCUT2D eigenvalue weighted by Gasteiger charge is -2.17. The number of methoxy groups -OCH3 is 1. The summed E-state index contributed by atoms with van der Waals surface area (Å²) in [4.78, 5) is 14.1. The first-order valence-corrected chi connectivity index (χ1v) is 7.25. The van der Waals surface area contributed by atoms with Crippen LogP contribution in [0.1, 0.15) is 24.8 Å². The van der Waals surface area contributed by atoms with E-state index < -0.39 is 0 Å². The van der Waals surface area contributed by atoms with Gasteiger partial charge >= 0.3 is 0 Å². The van der Waals surface area contributed by atoms with Crippen LogP contribution in [-0.2, 0) is 11.2 Å². The monoisotopic (exact) mass is 277 g/mol. The van der Waals surface area contributed by atoms with Gasteiger partial charge in [0.2, 0.25) is 5.91 Å². The third kappa shape index (κ3) is 3.73. The maximum Gasteiger partial charge on any atom is 0.222 e. The molecule has 2 rings (SSSR count). The number of aliphatic hydroxyl groups excluding tert-OH is 1. The number of carbonyl (C=O) groups excluding carboxylic acids is 1. The third-order valence-electron chi connectivity index (χ3n) is 3.98. The largest absolute Gasteiger partial charge is 0.496 e. The molecule has 0 saturated carbocycles. The van der Waals surface area contributed by atoms with E-state index in [-0.39, 0.29) is 12.5 Å². The van der Waals surface area contributed by atoms with Gasteiger partial charge in [0, 0.05) is 26.1 Å². The molecule has 1 fully saturated rings. The Hall–Kier alpha value is -1.55. The number of hydrogen-bond donors (Lipinski definition) is 1. The number of para-hydroxylation sites is 1. The number of nitrogens with zero attached hydrogens (tertiary/aromatic N) is 1. The van der Waals surface area contributed by atoms with Crippen LogP contribution in [0.25, 0.3) is 0 Å². The molecule has 1 aliphatic rings. The van der Waals surface area contributed by atoms with Crippen molar-refractivity contribution in [2.45, 2.75) is 25.7 Å². The lowest BCUT2D eigenvalue weighted by atomic mass is 10.1. The maximum atomic E-state index is 12.2. The molecule has 1 amide bonds. The molecule has 1 N–H and O–H groups in total. The SMILES string of the molecule is COc1ccccc1CCC(=O)N1CCC(CCO)C1. The zero-order chi connectivity index (χ0) is 14.4. The van der Waals surface area contributed by atoms with Crippen molar-refractivity contribution in [3.63, 3.8) is 0 Å². The molecule has 1 unspecified atom stereocenters. The number of likely N-dealkylation sites (tertiary alicyclic amines) is 1. The van der Waals surface area contributed by atoms with Crippen LogP contribution in [0.3, 0.4) is 0 Å². The van der Waals surface area contributed by atoms with E-state index in [1.807, 2.05) is 29.2 Å². The Kier molecular flexibility index (Phi) is 5.41. The van der Waals surface area contributed by atoms with E-state index in [1.54, 1.807) is 7.11 Å². The quantitative estimate of drug-likeness (QED) is 0.863. The van der Waals surface area contributed by atoms with Crippen molar-refractivity contribution < 1.29 is 14.6 Å². The zero-order valence-corrected chi connectivity index (χ0v) is 12.0. The predicted molar refractivity (Wildman–Crippen MR) is 77.7 cm³/mol. The molecule has 1 saturated heterocycles. The second kappa shape index (κ2) is 7.29. The molecule has 1 aliphatic heterocycles. The van der Waals surface area contributed by atoms with Crippen LogP contribution in [0.5, 0.6) is 5.75 Å². The minimum atomic E-state index is 0.205. The summed E-state index contributed by atoms with van der Waals surface area (Å²) in [6, 6.07) is 7.83. The van der Waals surface area contributed by atoms with Crippen LogP contribution in [0.4, 0.5) is 0 Å². The number of aliphatic hydroxyl groups is 1. The molecule has 1 atom stereocenters. The second-order valence-electron chi connectivity index (χ2n) is 5.32. The van der Waals surface area contributed by atoms with Crippen molar-refractivity contribution in [2.75, 3.05) is 26.8 Å². The number of ether oxygens (including phenoxy) is 1. The first kappa shape index (κ1) is 14.9. The molecule has 4 nitrogen and oxygen atoms in total. The minimum absolute atomic E-state index is 0.205. The Morgan fingerprint density at radius 2 is 2.25 bits per heavy atom. The summed E-state index contributed by atoms with van der Waals surface area (Å²) in [6.45, 7) is 1.84. The van der Waals surface area contributed by atoms with E-state index in [4.69, 9.17) is 9.84 Å². The molecule has 0 spiro atoms. The first-order chi connectivity index (χ1) is 9.74. The fourth-order valence-corrected chi connectivity index (χ4v) is 2.79. The lowest BCUT2D eigenvalue weighted by molar-refractivity contribution is -0.130. The number of hydrogen-bond acceptors (Lipinski definition) is 3. The molecule has 0 aromatic heterocycles. The van der Waals surface area contributed by atoms with Crippen molar-refractivity contribution in [3.8, 4) is 5.75 Å². The van der Waals surface area contributed by atoms with Crippen LogP contribution in [0, 0.1) is 5.92 Å². The van der Waals surface area contributed by atoms with Crippen LogP contribution >= 0.6 is 0 Å². The summed E-state index contributed by atoms with van der Waals surface area (Å²) < 4.78 is 5.30. The molecule has 110 valence electrons. The van der Waals surface area contributed by atoms with Crippen molar-refractivity contribution in [1.82, 2.24) is 4.90 Å². The van der Waals surface area contributed by atoms with Crippen molar-refractivity contribution in [1.29, 1.82) is 0 Å². The average Bonchev–Trinajstić information content (AvgIpc) is 2.94. The maximum absolute atomic E-state index is 12.2. The van der Waals surface area contributed by atoms with Crippen LogP contribution in [0.15, 0.2) is 24.3 Å². The fraction of sp³-hybridized carbons (Fsp3) is 0.562. The number of rotatable bonds is 6. The topological polar surface area (TPSA) is 49.8 Å². The van der Waals surface area contributed by atoms with E-state index in [0.717, 1.165) is 37.2 Å². The fourth-order valence-electron chi connectivity index (χ4n) is 2.79. The van der Waals surface area contributed by atoms with Crippen molar-refractivity contribution in [3.05, 3.63) is 29.8 Å². The average molecular weight is 277 g/mol. The summed E-state index contributed by atoms with van der Waals surface area (Å²) in [5.74, 6) is 1.52. The van der Waals surface area contributed by atoms with Gasteiger partial charge in [-0.05, 0) is 36.8 Å². The molecule has 1 aromatic carbocycles. The highest BCUT2D eigenvalue weighted by Crippen LogP contribution is 2.22. The van der Waals surface area contributed by atoms with E-state index in [0.29, 0.717) is 18.8 Å². The molecular weight excluding hydrogens is 254 g/mol. The Morgan fingerprint density at radius 3 is 3.00 bits per heavy atom. The molecule has 0 aliphatic carbocycles. The number of carbonyl (C=O) groups is 1. The second-order valence-corrected chi connectivity index (χ2v) is 5.32. The molecule has 1 aromatic rings. The molecule has 1 heterocycles. The van der Waals surface area contributed by atoms with E-state index >= 15 is 0 Å². The highest BCUT2D eigenvalue weighted by molar-refractivity contribution is 5.76. The Balaban J connectivity index is 1.83.